The maximum absolute atomic E-state index is 12.8. The standard InChI is InChI=1S/C18H25NO3/c1-18(11-5-3-4-6-12-18)17(22)19(2)13-14-7-9-15(10-8-14)16(20)21/h7-10H,3-6,11-13H2,1-2H3,(H,20,21). The quantitative estimate of drug-likeness (QED) is 0.863. The SMILES string of the molecule is CN(Cc1ccc(C(=O)O)cc1)C(=O)C1(C)CCCCCC1. The number of rotatable bonds is 4. The molecule has 4 heteroatoms. The zero-order valence-corrected chi connectivity index (χ0v) is 13.5. The van der Waals surface area contributed by atoms with E-state index >= 15 is 0 Å². The van der Waals surface area contributed by atoms with Gasteiger partial charge < -0.3 is 10.0 Å². The average molecular weight is 303 g/mol. The van der Waals surface area contributed by atoms with Crippen LogP contribution in [0, 0.1) is 5.41 Å². The van der Waals surface area contributed by atoms with Gasteiger partial charge in [0.15, 0.2) is 0 Å². The highest BCUT2D eigenvalue weighted by Gasteiger charge is 2.35. The van der Waals surface area contributed by atoms with Gasteiger partial charge in [0.2, 0.25) is 5.91 Å². The van der Waals surface area contributed by atoms with E-state index in [0.717, 1.165) is 31.2 Å². The Morgan fingerprint density at radius 3 is 2.14 bits per heavy atom. The van der Waals surface area contributed by atoms with Crippen molar-refractivity contribution in [1.82, 2.24) is 4.90 Å². The molecule has 1 amide bonds. The van der Waals surface area contributed by atoms with Crippen LogP contribution in [0.15, 0.2) is 24.3 Å². The van der Waals surface area contributed by atoms with E-state index in [9.17, 15) is 9.59 Å². The van der Waals surface area contributed by atoms with Crippen molar-refractivity contribution in [2.45, 2.75) is 52.0 Å². The molecule has 4 nitrogen and oxygen atoms in total. The second kappa shape index (κ2) is 6.95. The molecule has 0 heterocycles. The second-order valence-corrected chi connectivity index (χ2v) is 6.64. The molecule has 120 valence electrons. The second-order valence-electron chi connectivity index (χ2n) is 6.64. The molecule has 1 aliphatic rings. The van der Waals surface area contributed by atoms with Crippen molar-refractivity contribution in [3.63, 3.8) is 0 Å². The fraction of sp³-hybridized carbons (Fsp3) is 0.556. The molecular formula is C18H25NO3. The lowest BCUT2D eigenvalue weighted by atomic mass is 9.81. The molecule has 0 radical (unpaired) electrons. The first-order valence-corrected chi connectivity index (χ1v) is 8.00. The van der Waals surface area contributed by atoms with Crippen molar-refractivity contribution in [2.24, 2.45) is 5.41 Å². The van der Waals surface area contributed by atoms with E-state index in [4.69, 9.17) is 5.11 Å². The molecule has 0 bridgehead atoms. The van der Waals surface area contributed by atoms with Crippen LogP contribution in [-0.2, 0) is 11.3 Å². The summed E-state index contributed by atoms with van der Waals surface area (Å²) in [5, 5.41) is 8.91. The Kier molecular flexibility index (Phi) is 5.22. The minimum Gasteiger partial charge on any atom is -0.478 e. The van der Waals surface area contributed by atoms with Crippen LogP contribution in [0.5, 0.6) is 0 Å². The van der Waals surface area contributed by atoms with E-state index in [0.29, 0.717) is 6.54 Å². The van der Waals surface area contributed by atoms with Crippen LogP contribution in [0.1, 0.15) is 61.4 Å². The third-order valence-electron chi connectivity index (χ3n) is 4.69. The first-order valence-electron chi connectivity index (χ1n) is 8.00. The lowest BCUT2D eigenvalue weighted by molar-refractivity contribution is -0.141. The number of benzene rings is 1. The number of nitrogens with zero attached hydrogens (tertiary/aromatic N) is 1. The summed E-state index contributed by atoms with van der Waals surface area (Å²) in [4.78, 5) is 25.4. The van der Waals surface area contributed by atoms with Gasteiger partial charge >= 0.3 is 5.97 Å². The van der Waals surface area contributed by atoms with Crippen LogP contribution in [-0.4, -0.2) is 28.9 Å². The van der Waals surface area contributed by atoms with Gasteiger partial charge in [0.25, 0.3) is 0 Å². The number of carbonyl (C=O) groups excluding carboxylic acids is 1. The van der Waals surface area contributed by atoms with Gasteiger partial charge in [-0.1, -0.05) is 44.7 Å². The zero-order valence-electron chi connectivity index (χ0n) is 13.5. The number of hydrogen-bond acceptors (Lipinski definition) is 2. The number of carbonyl (C=O) groups is 2. The van der Waals surface area contributed by atoms with Crippen LogP contribution in [0.25, 0.3) is 0 Å². The summed E-state index contributed by atoms with van der Waals surface area (Å²) >= 11 is 0. The van der Waals surface area contributed by atoms with E-state index < -0.39 is 5.97 Å². The van der Waals surface area contributed by atoms with Gasteiger partial charge in [-0.3, -0.25) is 4.79 Å². The first kappa shape index (κ1) is 16.5. The highest BCUT2D eigenvalue weighted by atomic mass is 16.4. The highest BCUT2D eigenvalue weighted by molar-refractivity contribution is 5.87. The zero-order chi connectivity index (χ0) is 16.2. The van der Waals surface area contributed by atoms with Crippen LogP contribution in [0.2, 0.25) is 0 Å². The lowest BCUT2D eigenvalue weighted by Crippen LogP contribution is -2.39. The predicted molar refractivity (Wildman–Crippen MR) is 85.7 cm³/mol. The number of carboxylic acids is 1. The maximum atomic E-state index is 12.8. The molecule has 1 aromatic rings. The van der Waals surface area contributed by atoms with Gasteiger partial charge in [-0.2, -0.15) is 0 Å². The summed E-state index contributed by atoms with van der Waals surface area (Å²) in [5.41, 5.74) is 0.984. The molecule has 1 aromatic carbocycles. The third-order valence-corrected chi connectivity index (χ3v) is 4.69. The summed E-state index contributed by atoms with van der Waals surface area (Å²) in [6.45, 7) is 2.61. The number of amides is 1. The van der Waals surface area contributed by atoms with Crippen molar-refractivity contribution in [1.29, 1.82) is 0 Å². The Hall–Kier alpha value is -1.84. The maximum Gasteiger partial charge on any atom is 0.335 e. The predicted octanol–water partition coefficient (Wildman–Crippen LogP) is 3.70. The molecule has 0 spiro atoms. The van der Waals surface area contributed by atoms with Gasteiger partial charge in [0, 0.05) is 19.0 Å². The number of hydrogen-bond donors (Lipinski definition) is 1. The van der Waals surface area contributed by atoms with Crippen LogP contribution < -0.4 is 0 Å². The fourth-order valence-electron chi connectivity index (χ4n) is 3.28. The smallest absolute Gasteiger partial charge is 0.335 e. The molecule has 0 aliphatic heterocycles. The molecule has 1 saturated carbocycles. The molecule has 0 atom stereocenters. The topological polar surface area (TPSA) is 57.6 Å². The van der Waals surface area contributed by atoms with E-state index in [-0.39, 0.29) is 16.9 Å². The molecule has 1 aliphatic carbocycles. The van der Waals surface area contributed by atoms with Gasteiger partial charge in [-0.05, 0) is 30.5 Å². The summed E-state index contributed by atoms with van der Waals surface area (Å²) in [6, 6.07) is 6.73. The Morgan fingerprint density at radius 2 is 1.64 bits per heavy atom. The molecule has 2 rings (SSSR count). The minimum absolute atomic E-state index is 0.205. The number of aromatic carboxylic acids is 1. The molecule has 1 fully saturated rings. The van der Waals surface area contributed by atoms with Crippen molar-refractivity contribution < 1.29 is 14.7 Å². The molecular weight excluding hydrogens is 278 g/mol. The number of carboxylic acid groups (broad SMARTS) is 1. The van der Waals surface area contributed by atoms with Gasteiger partial charge in [0.1, 0.15) is 0 Å². The van der Waals surface area contributed by atoms with Crippen molar-refractivity contribution in [3.05, 3.63) is 35.4 Å². The van der Waals surface area contributed by atoms with E-state index in [1.807, 2.05) is 7.05 Å². The monoisotopic (exact) mass is 303 g/mol. The Morgan fingerprint density at radius 1 is 1.09 bits per heavy atom. The van der Waals surface area contributed by atoms with Gasteiger partial charge in [-0.15, -0.1) is 0 Å². The molecule has 0 unspecified atom stereocenters. The van der Waals surface area contributed by atoms with E-state index in [2.05, 4.69) is 6.92 Å². The van der Waals surface area contributed by atoms with E-state index in [1.54, 1.807) is 29.2 Å². The fourth-order valence-corrected chi connectivity index (χ4v) is 3.28. The van der Waals surface area contributed by atoms with Crippen molar-refractivity contribution in [2.75, 3.05) is 7.05 Å². The van der Waals surface area contributed by atoms with Crippen molar-refractivity contribution in [3.8, 4) is 0 Å². The first-order chi connectivity index (χ1) is 10.4. The van der Waals surface area contributed by atoms with Crippen LogP contribution in [0.4, 0.5) is 0 Å². The third kappa shape index (κ3) is 3.87. The van der Waals surface area contributed by atoms with Gasteiger partial charge in [-0.25, -0.2) is 4.79 Å². The highest BCUT2D eigenvalue weighted by Crippen LogP contribution is 2.36. The Balaban J connectivity index is 2.02. The lowest BCUT2D eigenvalue weighted by Gasteiger charge is -2.32. The van der Waals surface area contributed by atoms with Gasteiger partial charge in [0.05, 0.1) is 5.56 Å². The van der Waals surface area contributed by atoms with Crippen molar-refractivity contribution >= 4 is 11.9 Å². The van der Waals surface area contributed by atoms with Crippen LogP contribution >= 0.6 is 0 Å². The average Bonchev–Trinajstić information content (AvgIpc) is 2.72. The summed E-state index contributed by atoms with van der Waals surface area (Å²) in [6.07, 6.45) is 6.64. The molecule has 0 saturated heterocycles. The largest absolute Gasteiger partial charge is 0.478 e. The summed E-state index contributed by atoms with van der Waals surface area (Å²) in [7, 11) is 1.84. The Labute approximate surface area is 132 Å². The minimum atomic E-state index is -0.929. The summed E-state index contributed by atoms with van der Waals surface area (Å²) < 4.78 is 0. The summed E-state index contributed by atoms with van der Waals surface area (Å²) in [5.74, 6) is -0.723. The Bertz CT molecular complexity index is 528. The molecule has 22 heavy (non-hydrogen) atoms. The van der Waals surface area contributed by atoms with E-state index in [1.165, 1.54) is 12.8 Å². The molecule has 0 aromatic heterocycles. The normalized spacial score (nSPS) is 17.5. The molecule has 1 N–H and O–H groups in total. The van der Waals surface area contributed by atoms with Crippen LogP contribution in [0.3, 0.4) is 0 Å².